The number of hydrogen-bond donors (Lipinski definition) is 1. The standard InChI is InChI=1S/C17H17FN2O/c1-13(21)15-9-5-10-16(18)17(15)20(12-6-11-19)14-7-3-2-4-8-14/h2-5,7-10,13,21H,6,12H2,1H3/t13-/m0/s1. The summed E-state index contributed by atoms with van der Waals surface area (Å²) >= 11 is 0. The number of aliphatic hydroxyl groups is 1. The second kappa shape index (κ2) is 6.87. The highest BCUT2D eigenvalue weighted by Crippen LogP contribution is 2.34. The lowest BCUT2D eigenvalue weighted by Gasteiger charge is -2.27. The van der Waals surface area contributed by atoms with E-state index in [9.17, 15) is 9.50 Å². The van der Waals surface area contributed by atoms with Crippen LogP contribution in [0.2, 0.25) is 0 Å². The van der Waals surface area contributed by atoms with Gasteiger partial charge in [0.25, 0.3) is 0 Å². The van der Waals surface area contributed by atoms with Crippen molar-refractivity contribution >= 4 is 11.4 Å². The van der Waals surface area contributed by atoms with Gasteiger partial charge in [-0.05, 0) is 25.1 Å². The first-order chi connectivity index (χ1) is 10.1. The van der Waals surface area contributed by atoms with Crippen LogP contribution in [0, 0.1) is 17.1 Å². The fraction of sp³-hybridized carbons (Fsp3) is 0.235. The molecule has 4 heteroatoms. The number of halogens is 1. The van der Waals surface area contributed by atoms with Crippen LogP contribution in [0.15, 0.2) is 48.5 Å². The molecule has 2 aromatic carbocycles. The molecule has 0 amide bonds. The molecule has 0 unspecified atom stereocenters. The zero-order chi connectivity index (χ0) is 15.2. The van der Waals surface area contributed by atoms with Crippen LogP contribution in [-0.2, 0) is 0 Å². The van der Waals surface area contributed by atoms with E-state index >= 15 is 0 Å². The van der Waals surface area contributed by atoms with Gasteiger partial charge in [-0.15, -0.1) is 0 Å². The molecule has 1 atom stereocenters. The van der Waals surface area contributed by atoms with E-state index in [1.54, 1.807) is 24.0 Å². The summed E-state index contributed by atoms with van der Waals surface area (Å²) in [4.78, 5) is 1.74. The zero-order valence-corrected chi connectivity index (χ0v) is 11.8. The summed E-state index contributed by atoms with van der Waals surface area (Å²) < 4.78 is 14.3. The van der Waals surface area contributed by atoms with Crippen LogP contribution in [0.1, 0.15) is 25.0 Å². The van der Waals surface area contributed by atoms with Gasteiger partial charge in [0.15, 0.2) is 0 Å². The van der Waals surface area contributed by atoms with E-state index in [0.29, 0.717) is 17.8 Å². The molecule has 3 nitrogen and oxygen atoms in total. The van der Waals surface area contributed by atoms with E-state index < -0.39 is 11.9 Å². The number of nitrogens with zero attached hydrogens (tertiary/aromatic N) is 2. The lowest BCUT2D eigenvalue weighted by molar-refractivity contribution is 0.199. The first-order valence-electron chi connectivity index (χ1n) is 6.81. The third kappa shape index (κ3) is 3.39. The Hall–Kier alpha value is -2.38. The van der Waals surface area contributed by atoms with Gasteiger partial charge in [-0.2, -0.15) is 5.26 Å². The van der Waals surface area contributed by atoms with E-state index in [2.05, 4.69) is 6.07 Å². The van der Waals surface area contributed by atoms with Crippen molar-refractivity contribution in [2.45, 2.75) is 19.4 Å². The van der Waals surface area contributed by atoms with Crippen molar-refractivity contribution < 1.29 is 9.50 Å². The molecule has 0 bridgehead atoms. The van der Waals surface area contributed by atoms with E-state index in [0.717, 1.165) is 5.69 Å². The summed E-state index contributed by atoms with van der Waals surface area (Å²) in [7, 11) is 0. The number of benzene rings is 2. The maximum atomic E-state index is 14.3. The second-order valence-electron chi connectivity index (χ2n) is 4.75. The monoisotopic (exact) mass is 284 g/mol. The topological polar surface area (TPSA) is 47.3 Å². The second-order valence-corrected chi connectivity index (χ2v) is 4.75. The SMILES string of the molecule is C[C@H](O)c1cccc(F)c1N(CCC#N)c1ccccc1. The smallest absolute Gasteiger partial charge is 0.147 e. The van der Waals surface area contributed by atoms with Crippen LogP contribution >= 0.6 is 0 Å². The Kier molecular flexibility index (Phi) is 4.91. The first-order valence-corrected chi connectivity index (χ1v) is 6.81. The van der Waals surface area contributed by atoms with Crippen molar-refractivity contribution in [3.05, 3.63) is 59.9 Å². The number of para-hydroxylation sites is 2. The fourth-order valence-electron chi connectivity index (χ4n) is 2.29. The number of anilines is 2. The van der Waals surface area contributed by atoms with Crippen LogP contribution < -0.4 is 4.90 Å². The Bertz CT molecular complexity index is 635. The summed E-state index contributed by atoms with van der Waals surface area (Å²) in [6.07, 6.45) is -0.522. The molecule has 0 aliphatic rings. The molecule has 0 aliphatic carbocycles. The van der Waals surface area contributed by atoms with Gasteiger partial charge in [-0.25, -0.2) is 4.39 Å². The summed E-state index contributed by atoms with van der Waals surface area (Å²) in [6, 6.07) is 16.0. The Morgan fingerprint density at radius 2 is 1.90 bits per heavy atom. The van der Waals surface area contributed by atoms with Gasteiger partial charge in [0.1, 0.15) is 5.82 Å². The van der Waals surface area contributed by atoms with Crippen LogP contribution in [-0.4, -0.2) is 11.7 Å². The summed E-state index contributed by atoms with van der Waals surface area (Å²) in [5, 5.41) is 18.7. The van der Waals surface area contributed by atoms with Gasteiger partial charge in [0, 0.05) is 17.8 Å². The normalized spacial score (nSPS) is 11.7. The molecule has 0 radical (unpaired) electrons. The predicted octanol–water partition coefficient (Wildman–Crippen LogP) is 3.93. The zero-order valence-electron chi connectivity index (χ0n) is 11.8. The summed E-state index contributed by atoms with van der Waals surface area (Å²) in [5.41, 5.74) is 1.63. The van der Waals surface area contributed by atoms with Gasteiger partial charge in [-0.3, -0.25) is 0 Å². The van der Waals surface area contributed by atoms with Crippen LogP contribution in [0.25, 0.3) is 0 Å². The lowest BCUT2D eigenvalue weighted by atomic mass is 10.1. The van der Waals surface area contributed by atoms with Gasteiger partial charge >= 0.3 is 0 Å². The van der Waals surface area contributed by atoms with Crippen LogP contribution in [0.5, 0.6) is 0 Å². The molecule has 0 heterocycles. The van der Waals surface area contributed by atoms with E-state index in [1.165, 1.54) is 6.07 Å². The maximum Gasteiger partial charge on any atom is 0.147 e. The third-order valence-corrected chi connectivity index (χ3v) is 3.25. The van der Waals surface area contributed by atoms with Crippen molar-refractivity contribution in [2.75, 3.05) is 11.4 Å². The van der Waals surface area contributed by atoms with Crippen LogP contribution in [0.3, 0.4) is 0 Å². The molecule has 0 saturated heterocycles. The van der Waals surface area contributed by atoms with Crippen LogP contribution in [0.4, 0.5) is 15.8 Å². The number of nitriles is 1. The molecular weight excluding hydrogens is 267 g/mol. The average Bonchev–Trinajstić information content (AvgIpc) is 2.49. The minimum atomic E-state index is -0.788. The van der Waals surface area contributed by atoms with Crippen molar-refractivity contribution in [1.29, 1.82) is 5.26 Å². The predicted molar refractivity (Wildman–Crippen MR) is 80.7 cm³/mol. The molecular formula is C17H17FN2O. The van der Waals surface area contributed by atoms with Crippen molar-refractivity contribution in [3.8, 4) is 6.07 Å². The van der Waals surface area contributed by atoms with Gasteiger partial charge < -0.3 is 10.0 Å². The number of rotatable bonds is 5. The highest BCUT2D eigenvalue weighted by molar-refractivity contribution is 5.67. The average molecular weight is 284 g/mol. The minimum Gasteiger partial charge on any atom is -0.389 e. The minimum absolute atomic E-state index is 0.266. The summed E-state index contributed by atoms with van der Waals surface area (Å²) in [6.45, 7) is 1.97. The Balaban J connectivity index is 2.54. The quantitative estimate of drug-likeness (QED) is 0.905. The van der Waals surface area contributed by atoms with Crippen molar-refractivity contribution in [2.24, 2.45) is 0 Å². The molecule has 2 rings (SSSR count). The largest absolute Gasteiger partial charge is 0.389 e. The van der Waals surface area contributed by atoms with Crippen molar-refractivity contribution in [3.63, 3.8) is 0 Å². The Labute approximate surface area is 123 Å². The maximum absolute atomic E-state index is 14.3. The number of aliphatic hydroxyl groups excluding tert-OH is 1. The summed E-state index contributed by atoms with van der Waals surface area (Å²) in [5.74, 6) is -0.407. The molecule has 1 N–H and O–H groups in total. The third-order valence-electron chi connectivity index (χ3n) is 3.25. The van der Waals surface area contributed by atoms with E-state index in [-0.39, 0.29) is 6.42 Å². The Morgan fingerprint density at radius 3 is 2.52 bits per heavy atom. The molecule has 0 spiro atoms. The molecule has 0 aliphatic heterocycles. The molecule has 0 saturated carbocycles. The Morgan fingerprint density at radius 1 is 1.19 bits per heavy atom. The van der Waals surface area contributed by atoms with E-state index in [1.807, 2.05) is 30.3 Å². The molecule has 108 valence electrons. The van der Waals surface area contributed by atoms with E-state index in [4.69, 9.17) is 5.26 Å². The first kappa shape index (κ1) is 15.0. The fourth-order valence-corrected chi connectivity index (χ4v) is 2.29. The van der Waals surface area contributed by atoms with Gasteiger partial charge in [-0.1, -0.05) is 30.3 Å². The molecule has 2 aromatic rings. The van der Waals surface area contributed by atoms with Gasteiger partial charge in [0.2, 0.25) is 0 Å². The molecule has 0 aromatic heterocycles. The highest BCUT2D eigenvalue weighted by Gasteiger charge is 2.19. The van der Waals surface area contributed by atoms with Crippen molar-refractivity contribution in [1.82, 2.24) is 0 Å². The highest BCUT2D eigenvalue weighted by atomic mass is 19.1. The van der Waals surface area contributed by atoms with Gasteiger partial charge in [0.05, 0.1) is 24.3 Å². The molecule has 0 fully saturated rings. The lowest BCUT2D eigenvalue weighted by Crippen LogP contribution is -2.21. The molecule has 21 heavy (non-hydrogen) atoms. The number of hydrogen-bond acceptors (Lipinski definition) is 3.